The molecule has 0 saturated carbocycles. The van der Waals surface area contributed by atoms with Gasteiger partial charge in [0.1, 0.15) is 11.2 Å². The van der Waals surface area contributed by atoms with E-state index in [0.29, 0.717) is 11.3 Å². The Balaban J connectivity index is 1.67. The third kappa shape index (κ3) is 2.95. The summed E-state index contributed by atoms with van der Waals surface area (Å²) in [5.74, 6) is -0.351. The normalized spacial score (nSPS) is 10.9. The molecule has 3 aromatic carbocycles. The number of carbonyl (C=O) groups is 1. The fourth-order valence-corrected chi connectivity index (χ4v) is 2.98. The molecule has 1 heterocycles. The van der Waals surface area contributed by atoms with Crippen LogP contribution in [0.3, 0.4) is 0 Å². The largest absolute Gasteiger partial charge is 0.490 e. The molecule has 0 saturated heterocycles. The molecule has 1 N–H and O–H groups in total. The van der Waals surface area contributed by atoms with E-state index < -0.39 is 10.8 Å². The molecule has 0 aliphatic rings. The van der Waals surface area contributed by atoms with Gasteiger partial charge in [0, 0.05) is 28.1 Å². The van der Waals surface area contributed by atoms with Crippen LogP contribution in [0.2, 0.25) is 0 Å². The maximum absolute atomic E-state index is 12.5. The first kappa shape index (κ1) is 16.6. The number of ether oxygens (including phenoxy) is 1. The highest BCUT2D eigenvalue weighted by molar-refractivity contribution is 6.09. The van der Waals surface area contributed by atoms with Crippen LogP contribution in [0.5, 0.6) is 5.75 Å². The van der Waals surface area contributed by atoms with Crippen molar-refractivity contribution in [1.82, 2.24) is 0 Å². The Labute approximate surface area is 153 Å². The minimum absolute atomic E-state index is 0.0998. The second kappa shape index (κ2) is 6.45. The van der Waals surface area contributed by atoms with Crippen molar-refractivity contribution in [2.45, 2.75) is 0 Å². The number of nitrogens with zero attached hydrogens (tertiary/aromatic N) is 1. The van der Waals surface area contributed by atoms with Crippen LogP contribution in [0.1, 0.15) is 10.4 Å². The van der Waals surface area contributed by atoms with Gasteiger partial charge in [-0.25, -0.2) is 0 Å². The second-order valence-corrected chi connectivity index (χ2v) is 5.91. The van der Waals surface area contributed by atoms with Crippen molar-refractivity contribution in [3.05, 3.63) is 76.3 Å². The van der Waals surface area contributed by atoms with Crippen LogP contribution in [-0.2, 0) is 0 Å². The number of hydrogen-bond acceptors (Lipinski definition) is 5. The summed E-state index contributed by atoms with van der Waals surface area (Å²) in [5, 5.41) is 15.7. The molecular formula is C20H14N2O5. The molecule has 0 aliphatic carbocycles. The Hall–Kier alpha value is -3.87. The summed E-state index contributed by atoms with van der Waals surface area (Å²) >= 11 is 0. The summed E-state index contributed by atoms with van der Waals surface area (Å²) in [7, 11) is 1.34. The number of nitro benzene ring substituents is 1. The molecule has 0 bridgehead atoms. The summed E-state index contributed by atoms with van der Waals surface area (Å²) in [4.78, 5) is 23.1. The number of hydrogen-bond donors (Lipinski definition) is 1. The number of fused-ring (bicyclic) bond motifs is 3. The number of carbonyl (C=O) groups excluding carboxylic acids is 1. The van der Waals surface area contributed by atoms with Crippen LogP contribution in [0, 0.1) is 10.1 Å². The topological polar surface area (TPSA) is 94.6 Å². The van der Waals surface area contributed by atoms with Gasteiger partial charge >= 0.3 is 5.69 Å². The molecule has 4 rings (SSSR count). The molecule has 0 unspecified atom stereocenters. The van der Waals surface area contributed by atoms with E-state index in [1.54, 1.807) is 12.1 Å². The molecule has 0 aliphatic heterocycles. The zero-order chi connectivity index (χ0) is 19.0. The number of methoxy groups -OCH3 is 1. The molecular weight excluding hydrogens is 348 g/mol. The van der Waals surface area contributed by atoms with E-state index in [-0.39, 0.29) is 17.0 Å². The number of nitrogens with one attached hydrogen (secondary N) is 1. The zero-order valence-corrected chi connectivity index (χ0v) is 14.3. The van der Waals surface area contributed by atoms with Crippen LogP contribution < -0.4 is 10.1 Å². The Morgan fingerprint density at radius 1 is 1.04 bits per heavy atom. The summed E-state index contributed by atoms with van der Waals surface area (Å²) in [5.41, 5.74) is 1.95. The standard InChI is InChI=1S/C20H14N2O5/c1-26-19-8-6-12(10-16(19)22(24)25)20(23)21-13-7-9-18-15(11-13)14-4-2-3-5-17(14)27-18/h2-11H,1H3,(H,21,23). The van der Waals surface area contributed by atoms with Crippen LogP contribution in [0.4, 0.5) is 11.4 Å². The first-order valence-electron chi connectivity index (χ1n) is 8.12. The highest BCUT2D eigenvalue weighted by Crippen LogP contribution is 2.31. The van der Waals surface area contributed by atoms with Gasteiger partial charge in [-0.3, -0.25) is 14.9 Å². The second-order valence-electron chi connectivity index (χ2n) is 5.91. The minimum Gasteiger partial charge on any atom is -0.490 e. The number of furan rings is 1. The van der Waals surface area contributed by atoms with Crippen molar-refractivity contribution in [1.29, 1.82) is 0 Å². The molecule has 7 heteroatoms. The Kier molecular flexibility index (Phi) is 3.97. The van der Waals surface area contributed by atoms with Crippen LogP contribution in [0.15, 0.2) is 65.1 Å². The summed E-state index contributed by atoms with van der Waals surface area (Å²) in [6.07, 6.45) is 0. The Bertz CT molecular complexity index is 1200. The van der Waals surface area contributed by atoms with E-state index in [2.05, 4.69) is 5.32 Å². The number of nitro groups is 1. The summed E-state index contributed by atoms with van der Waals surface area (Å²) < 4.78 is 10.7. The molecule has 1 aromatic heterocycles. The number of amides is 1. The number of rotatable bonds is 4. The molecule has 134 valence electrons. The third-order valence-electron chi connectivity index (χ3n) is 4.27. The van der Waals surface area contributed by atoms with Gasteiger partial charge in [-0.2, -0.15) is 0 Å². The van der Waals surface area contributed by atoms with Gasteiger partial charge in [-0.1, -0.05) is 18.2 Å². The van der Waals surface area contributed by atoms with E-state index in [1.807, 2.05) is 30.3 Å². The molecule has 4 aromatic rings. The van der Waals surface area contributed by atoms with Crippen LogP contribution in [0.25, 0.3) is 21.9 Å². The lowest BCUT2D eigenvalue weighted by atomic mass is 10.1. The molecule has 0 fully saturated rings. The molecule has 7 nitrogen and oxygen atoms in total. The lowest BCUT2D eigenvalue weighted by molar-refractivity contribution is -0.385. The SMILES string of the molecule is COc1ccc(C(=O)Nc2ccc3oc4ccccc4c3c2)cc1[N+](=O)[O-]. The third-order valence-corrected chi connectivity index (χ3v) is 4.27. The lowest BCUT2D eigenvalue weighted by Crippen LogP contribution is -2.12. The first-order chi connectivity index (χ1) is 13.1. The Morgan fingerprint density at radius 3 is 2.59 bits per heavy atom. The Morgan fingerprint density at radius 2 is 1.81 bits per heavy atom. The molecule has 0 spiro atoms. The smallest absolute Gasteiger partial charge is 0.311 e. The van der Waals surface area contributed by atoms with Crippen molar-refractivity contribution in [2.24, 2.45) is 0 Å². The minimum atomic E-state index is -0.584. The first-order valence-corrected chi connectivity index (χ1v) is 8.12. The van der Waals surface area contributed by atoms with Gasteiger partial charge in [0.05, 0.1) is 12.0 Å². The highest BCUT2D eigenvalue weighted by Gasteiger charge is 2.18. The van der Waals surface area contributed by atoms with E-state index in [4.69, 9.17) is 9.15 Å². The molecule has 1 amide bonds. The van der Waals surface area contributed by atoms with E-state index >= 15 is 0 Å². The number of benzene rings is 3. The van der Waals surface area contributed by atoms with Crippen molar-refractivity contribution in [3.8, 4) is 5.75 Å². The lowest BCUT2D eigenvalue weighted by Gasteiger charge is -2.07. The monoisotopic (exact) mass is 362 g/mol. The van der Waals surface area contributed by atoms with Gasteiger partial charge in [-0.15, -0.1) is 0 Å². The van der Waals surface area contributed by atoms with E-state index in [1.165, 1.54) is 25.3 Å². The zero-order valence-electron chi connectivity index (χ0n) is 14.3. The van der Waals surface area contributed by atoms with Gasteiger partial charge < -0.3 is 14.5 Å². The van der Waals surface area contributed by atoms with Crippen molar-refractivity contribution >= 4 is 39.2 Å². The maximum atomic E-state index is 12.5. The number of para-hydroxylation sites is 1. The maximum Gasteiger partial charge on any atom is 0.311 e. The van der Waals surface area contributed by atoms with Crippen molar-refractivity contribution in [3.63, 3.8) is 0 Å². The van der Waals surface area contributed by atoms with Gasteiger partial charge in [0.2, 0.25) is 0 Å². The van der Waals surface area contributed by atoms with Gasteiger partial charge in [0.15, 0.2) is 5.75 Å². The predicted molar refractivity (Wildman–Crippen MR) is 101 cm³/mol. The molecule has 0 radical (unpaired) electrons. The summed E-state index contributed by atoms with van der Waals surface area (Å²) in [6.45, 7) is 0. The van der Waals surface area contributed by atoms with Gasteiger partial charge in [0.25, 0.3) is 5.91 Å². The fourth-order valence-electron chi connectivity index (χ4n) is 2.98. The summed E-state index contributed by atoms with van der Waals surface area (Å²) in [6, 6.07) is 17.0. The van der Waals surface area contributed by atoms with Gasteiger partial charge in [-0.05, 0) is 36.4 Å². The van der Waals surface area contributed by atoms with Crippen molar-refractivity contribution in [2.75, 3.05) is 12.4 Å². The van der Waals surface area contributed by atoms with Crippen LogP contribution in [-0.4, -0.2) is 17.9 Å². The van der Waals surface area contributed by atoms with E-state index in [0.717, 1.165) is 16.4 Å². The van der Waals surface area contributed by atoms with E-state index in [9.17, 15) is 14.9 Å². The molecule has 27 heavy (non-hydrogen) atoms. The average molecular weight is 362 g/mol. The fraction of sp³-hybridized carbons (Fsp3) is 0.0500. The quantitative estimate of drug-likeness (QED) is 0.417. The predicted octanol–water partition coefficient (Wildman–Crippen LogP) is 4.76. The number of anilines is 1. The average Bonchev–Trinajstić information content (AvgIpc) is 3.05. The van der Waals surface area contributed by atoms with Crippen molar-refractivity contribution < 1.29 is 18.9 Å². The molecule has 0 atom stereocenters. The van der Waals surface area contributed by atoms with Crippen LogP contribution >= 0.6 is 0 Å². The highest BCUT2D eigenvalue weighted by atomic mass is 16.6.